The van der Waals surface area contributed by atoms with Gasteiger partial charge in [-0.25, -0.2) is 9.78 Å². The summed E-state index contributed by atoms with van der Waals surface area (Å²) in [6.07, 6.45) is 3.63. The highest BCUT2D eigenvalue weighted by atomic mass is 16.5. The van der Waals surface area contributed by atoms with E-state index in [2.05, 4.69) is 15.5 Å². The maximum absolute atomic E-state index is 12.2. The Morgan fingerprint density at radius 3 is 2.49 bits per heavy atom. The topological polar surface area (TPSA) is 127 Å². The maximum Gasteiger partial charge on any atom is 0.318 e. The molecule has 0 radical (unpaired) electrons. The van der Waals surface area contributed by atoms with Crippen LogP contribution < -0.4 is 15.5 Å². The molecule has 0 atom stereocenters. The summed E-state index contributed by atoms with van der Waals surface area (Å²) in [5.41, 5.74) is 3.02. The third kappa shape index (κ3) is 5.49. The number of methoxy groups -OCH3 is 1. The Morgan fingerprint density at radius 2 is 1.81 bits per heavy atom. The number of piperidine rings is 1. The van der Waals surface area contributed by atoms with Crippen LogP contribution in [0.5, 0.6) is 0 Å². The Bertz CT molecular complexity index is 1250. The molecule has 0 spiro atoms. The van der Waals surface area contributed by atoms with Crippen LogP contribution in [0.2, 0.25) is 0 Å². The molecule has 2 saturated heterocycles. The van der Waals surface area contributed by atoms with E-state index in [1.54, 1.807) is 7.05 Å². The molecule has 37 heavy (non-hydrogen) atoms. The van der Waals surface area contributed by atoms with E-state index in [1.807, 2.05) is 40.0 Å². The number of morpholine rings is 1. The van der Waals surface area contributed by atoms with Crippen LogP contribution in [0, 0.1) is 0 Å². The van der Waals surface area contributed by atoms with Crippen molar-refractivity contribution in [2.45, 2.75) is 18.9 Å². The Kier molecular flexibility index (Phi) is 7.47. The molecule has 2 aliphatic rings. The monoisotopic (exact) mass is 508 g/mol. The van der Waals surface area contributed by atoms with Gasteiger partial charge in [-0.1, -0.05) is 12.1 Å². The zero-order valence-electron chi connectivity index (χ0n) is 21.1. The number of rotatable bonds is 6. The van der Waals surface area contributed by atoms with Crippen molar-refractivity contribution in [3.05, 3.63) is 30.5 Å². The molecule has 12 heteroatoms. The molecular formula is C25H32N8O4. The second-order valence-electron chi connectivity index (χ2n) is 9.14. The first-order valence-electron chi connectivity index (χ1n) is 12.5. The SMILES string of the molecule is CNC(=O)Nc1ccc(-c2nc(N3CCOCC3)nc3nn(C4CCN(C(=O)COC)CC4)cc23)cc1. The van der Waals surface area contributed by atoms with E-state index in [0.717, 1.165) is 29.5 Å². The number of ether oxygens (including phenoxy) is 2. The van der Waals surface area contributed by atoms with E-state index in [4.69, 9.17) is 24.5 Å². The minimum absolute atomic E-state index is 0.0178. The van der Waals surface area contributed by atoms with Crippen LogP contribution >= 0.6 is 0 Å². The van der Waals surface area contributed by atoms with Crippen molar-refractivity contribution in [1.29, 1.82) is 0 Å². The summed E-state index contributed by atoms with van der Waals surface area (Å²) in [6, 6.07) is 7.47. The van der Waals surface area contributed by atoms with Crippen LogP contribution in [-0.4, -0.2) is 96.7 Å². The lowest BCUT2D eigenvalue weighted by atomic mass is 10.1. The molecule has 2 aliphatic heterocycles. The Hall–Kier alpha value is -3.77. The van der Waals surface area contributed by atoms with Crippen LogP contribution in [0.25, 0.3) is 22.3 Å². The number of amides is 3. The van der Waals surface area contributed by atoms with E-state index in [-0.39, 0.29) is 24.6 Å². The largest absolute Gasteiger partial charge is 0.378 e. The Labute approximate surface area is 214 Å². The van der Waals surface area contributed by atoms with Gasteiger partial charge in [-0.2, -0.15) is 10.1 Å². The number of urea groups is 1. The summed E-state index contributed by atoms with van der Waals surface area (Å²) in [5.74, 6) is 0.646. The predicted molar refractivity (Wildman–Crippen MR) is 139 cm³/mol. The maximum atomic E-state index is 12.2. The molecule has 196 valence electrons. The fraction of sp³-hybridized carbons (Fsp3) is 0.480. The summed E-state index contributed by atoms with van der Waals surface area (Å²) in [6.45, 7) is 4.14. The second-order valence-corrected chi connectivity index (χ2v) is 9.14. The highest BCUT2D eigenvalue weighted by Gasteiger charge is 2.26. The number of carbonyl (C=O) groups excluding carboxylic acids is 2. The molecule has 1 aromatic carbocycles. The molecule has 2 aromatic heterocycles. The van der Waals surface area contributed by atoms with Crippen molar-refractivity contribution in [2.75, 3.05) is 70.4 Å². The molecule has 0 aliphatic carbocycles. The third-order valence-electron chi connectivity index (χ3n) is 6.78. The summed E-state index contributed by atoms with van der Waals surface area (Å²) in [7, 11) is 3.11. The number of aromatic nitrogens is 4. The van der Waals surface area contributed by atoms with Gasteiger partial charge >= 0.3 is 6.03 Å². The fourth-order valence-electron chi connectivity index (χ4n) is 4.72. The molecule has 3 aromatic rings. The quantitative estimate of drug-likeness (QED) is 0.517. The summed E-state index contributed by atoms with van der Waals surface area (Å²) in [4.78, 5) is 37.6. The summed E-state index contributed by atoms with van der Waals surface area (Å²) < 4.78 is 12.5. The van der Waals surface area contributed by atoms with Gasteiger partial charge in [-0.3, -0.25) is 9.48 Å². The number of nitrogens with one attached hydrogen (secondary N) is 2. The van der Waals surface area contributed by atoms with Gasteiger partial charge < -0.3 is 29.9 Å². The van der Waals surface area contributed by atoms with Gasteiger partial charge in [0.05, 0.1) is 30.3 Å². The number of likely N-dealkylation sites (tertiary alicyclic amines) is 1. The number of nitrogens with zero attached hydrogens (tertiary/aromatic N) is 6. The van der Waals surface area contributed by atoms with Crippen LogP contribution in [0.15, 0.2) is 30.5 Å². The van der Waals surface area contributed by atoms with Crippen molar-refractivity contribution in [2.24, 2.45) is 0 Å². The van der Waals surface area contributed by atoms with Crippen molar-refractivity contribution in [1.82, 2.24) is 30.0 Å². The van der Waals surface area contributed by atoms with E-state index < -0.39 is 0 Å². The van der Waals surface area contributed by atoms with E-state index in [9.17, 15) is 9.59 Å². The molecule has 2 fully saturated rings. The van der Waals surface area contributed by atoms with Gasteiger partial charge in [0.2, 0.25) is 11.9 Å². The number of carbonyl (C=O) groups is 2. The lowest BCUT2D eigenvalue weighted by Gasteiger charge is -2.31. The minimum atomic E-state index is -0.275. The summed E-state index contributed by atoms with van der Waals surface area (Å²) in [5, 5.41) is 11.1. The molecule has 2 N–H and O–H groups in total. The number of anilines is 2. The first kappa shape index (κ1) is 24.9. The number of hydrogen-bond acceptors (Lipinski definition) is 8. The highest BCUT2D eigenvalue weighted by Crippen LogP contribution is 2.31. The first-order valence-corrected chi connectivity index (χ1v) is 12.5. The fourth-order valence-corrected chi connectivity index (χ4v) is 4.72. The number of benzene rings is 1. The normalized spacial score (nSPS) is 16.7. The lowest BCUT2D eigenvalue weighted by molar-refractivity contribution is -0.136. The van der Waals surface area contributed by atoms with Gasteiger partial charge in [-0.05, 0) is 25.0 Å². The Balaban J connectivity index is 1.46. The lowest BCUT2D eigenvalue weighted by Crippen LogP contribution is -2.40. The van der Waals surface area contributed by atoms with Gasteiger partial charge in [0, 0.05) is 57.8 Å². The minimum Gasteiger partial charge on any atom is -0.378 e. The van der Waals surface area contributed by atoms with Crippen LogP contribution in [0.4, 0.5) is 16.4 Å². The average Bonchev–Trinajstić information content (AvgIpc) is 3.38. The molecule has 4 heterocycles. The predicted octanol–water partition coefficient (Wildman–Crippen LogP) is 1.89. The molecule has 5 rings (SSSR count). The summed E-state index contributed by atoms with van der Waals surface area (Å²) >= 11 is 0. The van der Waals surface area contributed by atoms with E-state index in [0.29, 0.717) is 56.7 Å². The van der Waals surface area contributed by atoms with Crippen LogP contribution in [-0.2, 0) is 14.3 Å². The van der Waals surface area contributed by atoms with E-state index in [1.165, 1.54) is 7.11 Å². The van der Waals surface area contributed by atoms with Crippen molar-refractivity contribution < 1.29 is 19.1 Å². The van der Waals surface area contributed by atoms with Crippen LogP contribution in [0.1, 0.15) is 18.9 Å². The van der Waals surface area contributed by atoms with Crippen molar-refractivity contribution in [3.8, 4) is 11.3 Å². The third-order valence-corrected chi connectivity index (χ3v) is 6.78. The molecule has 0 bridgehead atoms. The highest BCUT2D eigenvalue weighted by molar-refractivity contribution is 5.92. The molecular weight excluding hydrogens is 476 g/mol. The van der Waals surface area contributed by atoms with Crippen LogP contribution in [0.3, 0.4) is 0 Å². The molecule has 0 saturated carbocycles. The molecule has 0 unspecified atom stereocenters. The van der Waals surface area contributed by atoms with Crippen molar-refractivity contribution in [3.63, 3.8) is 0 Å². The molecule has 3 amide bonds. The standard InChI is InChI=1S/C25H32N8O4/c1-26-25(35)27-18-5-3-17(4-6-18)22-20-15-33(19-7-9-31(10-8-19)21(34)16-36-2)30-23(20)29-24(28-22)32-11-13-37-14-12-32/h3-6,15,19H,7-14,16H2,1-2H3,(H2,26,27,35). The number of fused-ring (bicyclic) bond motifs is 1. The van der Waals surface area contributed by atoms with Gasteiger partial charge in [0.1, 0.15) is 6.61 Å². The van der Waals surface area contributed by atoms with Crippen molar-refractivity contribution >= 4 is 34.6 Å². The van der Waals surface area contributed by atoms with Gasteiger partial charge in [-0.15, -0.1) is 0 Å². The van der Waals surface area contributed by atoms with Gasteiger partial charge in [0.15, 0.2) is 5.65 Å². The first-order chi connectivity index (χ1) is 18.1. The smallest absolute Gasteiger partial charge is 0.318 e. The zero-order valence-corrected chi connectivity index (χ0v) is 21.1. The Morgan fingerprint density at radius 1 is 1.08 bits per heavy atom. The van der Waals surface area contributed by atoms with Gasteiger partial charge in [0.25, 0.3) is 0 Å². The molecule has 12 nitrogen and oxygen atoms in total. The average molecular weight is 509 g/mol. The number of hydrogen-bond donors (Lipinski definition) is 2. The second kappa shape index (κ2) is 11.1. The van der Waals surface area contributed by atoms with E-state index >= 15 is 0 Å². The zero-order chi connectivity index (χ0) is 25.8.